The van der Waals surface area contributed by atoms with E-state index in [-0.39, 0.29) is 0 Å². The summed E-state index contributed by atoms with van der Waals surface area (Å²) in [4.78, 5) is 43.5. The van der Waals surface area contributed by atoms with Gasteiger partial charge >= 0.3 is 18.0 Å². The predicted octanol–water partition coefficient (Wildman–Crippen LogP) is -1.96. The highest BCUT2D eigenvalue weighted by atomic mass is 16.4. The van der Waals surface area contributed by atoms with Crippen molar-refractivity contribution in [2.45, 2.75) is 13.0 Å². The van der Waals surface area contributed by atoms with Crippen LogP contribution in [0, 0.1) is 0 Å². The number of aliphatic carboxylic acids is 2. The first-order valence-corrected chi connectivity index (χ1v) is 4.52. The fourth-order valence-corrected chi connectivity index (χ4v) is 1.09. The van der Waals surface area contributed by atoms with Crippen molar-refractivity contribution in [3.05, 3.63) is 0 Å². The van der Waals surface area contributed by atoms with Gasteiger partial charge in [0.05, 0.1) is 0 Å². The Kier molecular flexibility index (Phi) is 5.44. The van der Waals surface area contributed by atoms with Gasteiger partial charge in [-0.2, -0.15) is 0 Å². The number of primary amides is 1. The highest BCUT2D eigenvalue weighted by molar-refractivity contribution is 5.90. The summed E-state index contributed by atoms with van der Waals surface area (Å²) in [5.74, 6) is -3.55. The highest BCUT2D eigenvalue weighted by Crippen LogP contribution is 1.95. The normalized spacial score (nSPS) is 11.4. The standard InChI is InChI=1S/C8H13N3O6/c1-4(10-8(9)17)7(16)11(2-5(12)13)3-6(14)15/h4H,2-3H2,1H3,(H,12,13)(H,14,15)(H3,9,10,17). The number of amides is 3. The van der Waals surface area contributed by atoms with Crippen molar-refractivity contribution in [3.63, 3.8) is 0 Å². The van der Waals surface area contributed by atoms with Crippen LogP contribution in [-0.4, -0.2) is 58.1 Å². The second kappa shape index (κ2) is 6.30. The van der Waals surface area contributed by atoms with Crippen LogP contribution in [-0.2, 0) is 14.4 Å². The van der Waals surface area contributed by atoms with E-state index in [1.54, 1.807) is 0 Å². The van der Waals surface area contributed by atoms with E-state index in [1.165, 1.54) is 6.92 Å². The third-order valence-electron chi connectivity index (χ3n) is 1.69. The van der Waals surface area contributed by atoms with E-state index in [9.17, 15) is 19.2 Å². The average Bonchev–Trinajstić information content (AvgIpc) is 2.12. The largest absolute Gasteiger partial charge is 0.480 e. The molecule has 96 valence electrons. The number of nitrogens with two attached hydrogens (primary N) is 1. The smallest absolute Gasteiger partial charge is 0.323 e. The first kappa shape index (κ1) is 14.7. The van der Waals surface area contributed by atoms with Gasteiger partial charge in [0.1, 0.15) is 19.1 Å². The van der Waals surface area contributed by atoms with Gasteiger partial charge in [0.2, 0.25) is 5.91 Å². The molecule has 0 heterocycles. The lowest BCUT2D eigenvalue weighted by molar-refractivity contribution is -0.149. The van der Waals surface area contributed by atoms with Crippen molar-refractivity contribution in [1.82, 2.24) is 10.2 Å². The molecule has 0 saturated carbocycles. The summed E-state index contributed by atoms with van der Waals surface area (Å²) in [6, 6.07) is -2.05. The van der Waals surface area contributed by atoms with Gasteiger partial charge in [0, 0.05) is 0 Å². The molecular weight excluding hydrogens is 234 g/mol. The molecule has 0 aliphatic rings. The van der Waals surface area contributed by atoms with Crippen LogP contribution in [0.3, 0.4) is 0 Å². The van der Waals surface area contributed by atoms with Gasteiger partial charge in [-0.1, -0.05) is 0 Å². The number of hydrogen-bond acceptors (Lipinski definition) is 4. The zero-order valence-electron chi connectivity index (χ0n) is 9.04. The average molecular weight is 247 g/mol. The Hall–Kier alpha value is -2.32. The summed E-state index contributed by atoms with van der Waals surface area (Å²) in [5.41, 5.74) is 4.78. The number of carboxylic acids is 2. The summed E-state index contributed by atoms with van der Waals surface area (Å²) in [7, 11) is 0. The summed E-state index contributed by atoms with van der Waals surface area (Å²) in [5, 5.41) is 19.1. The van der Waals surface area contributed by atoms with E-state index in [0.717, 1.165) is 0 Å². The topological polar surface area (TPSA) is 150 Å². The van der Waals surface area contributed by atoms with Gasteiger partial charge in [-0.25, -0.2) is 4.79 Å². The van der Waals surface area contributed by atoms with Crippen LogP contribution >= 0.6 is 0 Å². The van der Waals surface area contributed by atoms with E-state index in [4.69, 9.17) is 15.9 Å². The summed E-state index contributed by atoms with van der Waals surface area (Å²) < 4.78 is 0. The van der Waals surface area contributed by atoms with E-state index in [2.05, 4.69) is 0 Å². The highest BCUT2D eigenvalue weighted by Gasteiger charge is 2.24. The monoisotopic (exact) mass is 247 g/mol. The lowest BCUT2D eigenvalue weighted by atomic mass is 10.3. The molecule has 3 amide bonds. The molecule has 0 fully saturated rings. The second-order valence-corrected chi connectivity index (χ2v) is 3.21. The molecule has 0 aliphatic carbocycles. The maximum Gasteiger partial charge on any atom is 0.323 e. The second-order valence-electron chi connectivity index (χ2n) is 3.21. The van der Waals surface area contributed by atoms with Crippen LogP contribution in [0.5, 0.6) is 0 Å². The molecule has 0 radical (unpaired) electrons. The Bertz CT molecular complexity index is 326. The van der Waals surface area contributed by atoms with Crippen LogP contribution in [0.15, 0.2) is 0 Å². The third kappa shape index (κ3) is 5.97. The third-order valence-corrected chi connectivity index (χ3v) is 1.69. The van der Waals surface area contributed by atoms with E-state index in [0.29, 0.717) is 4.90 Å². The lowest BCUT2D eigenvalue weighted by Crippen LogP contribution is -2.51. The van der Waals surface area contributed by atoms with Crippen molar-refractivity contribution in [1.29, 1.82) is 0 Å². The first-order chi connectivity index (χ1) is 7.73. The van der Waals surface area contributed by atoms with Crippen LogP contribution in [0.25, 0.3) is 0 Å². The SMILES string of the molecule is CC(NC(N)=O)C(=O)N(CC(=O)O)CC(=O)O. The number of urea groups is 1. The summed E-state index contributed by atoms with van der Waals surface area (Å²) in [6.07, 6.45) is 0. The molecule has 0 bridgehead atoms. The zero-order chi connectivity index (χ0) is 13.6. The minimum Gasteiger partial charge on any atom is -0.480 e. The summed E-state index contributed by atoms with van der Waals surface area (Å²) in [6.45, 7) is -0.268. The Labute approximate surface area is 96.2 Å². The van der Waals surface area contributed by atoms with Crippen LogP contribution in [0.1, 0.15) is 6.92 Å². The fraction of sp³-hybridized carbons (Fsp3) is 0.500. The van der Waals surface area contributed by atoms with Crippen molar-refractivity contribution in [2.24, 2.45) is 5.73 Å². The van der Waals surface area contributed by atoms with E-state index < -0.39 is 43.0 Å². The maximum absolute atomic E-state index is 11.6. The molecule has 9 nitrogen and oxygen atoms in total. The fourth-order valence-electron chi connectivity index (χ4n) is 1.09. The molecule has 0 spiro atoms. The van der Waals surface area contributed by atoms with Crippen LogP contribution in [0.2, 0.25) is 0 Å². The molecule has 5 N–H and O–H groups in total. The number of carbonyl (C=O) groups is 4. The molecule has 1 atom stereocenters. The summed E-state index contributed by atoms with van der Waals surface area (Å²) >= 11 is 0. The number of carboxylic acid groups (broad SMARTS) is 2. The first-order valence-electron chi connectivity index (χ1n) is 4.52. The zero-order valence-corrected chi connectivity index (χ0v) is 9.04. The van der Waals surface area contributed by atoms with Crippen LogP contribution in [0.4, 0.5) is 4.79 Å². The number of carbonyl (C=O) groups excluding carboxylic acids is 2. The molecule has 0 rings (SSSR count). The van der Waals surface area contributed by atoms with Gasteiger partial charge < -0.3 is 26.2 Å². The van der Waals surface area contributed by atoms with Gasteiger partial charge in [0.15, 0.2) is 0 Å². The van der Waals surface area contributed by atoms with Gasteiger partial charge in [-0.05, 0) is 6.92 Å². The quantitative estimate of drug-likeness (QED) is 0.428. The van der Waals surface area contributed by atoms with Crippen molar-refractivity contribution in [3.8, 4) is 0 Å². The maximum atomic E-state index is 11.6. The lowest BCUT2D eigenvalue weighted by Gasteiger charge is -2.22. The Morgan fingerprint density at radius 1 is 1.18 bits per heavy atom. The minimum atomic E-state index is -1.36. The van der Waals surface area contributed by atoms with E-state index in [1.807, 2.05) is 5.32 Å². The molecule has 0 aromatic rings. The number of hydrogen-bond donors (Lipinski definition) is 4. The molecule has 0 aromatic carbocycles. The van der Waals surface area contributed by atoms with Gasteiger partial charge in [-0.3, -0.25) is 14.4 Å². The molecule has 1 unspecified atom stereocenters. The molecule has 0 saturated heterocycles. The molecule has 9 heteroatoms. The van der Waals surface area contributed by atoms with Crippen molar-refractivity contribution in [2.75, 3.05) is 13.1 Å². The molecule has 0 aliphatic heterocycles. The van der Waals surface area contributed by atoms with Gasteiger partial charge in [-0.15, -0.1) is 0 Å². The molecular formula is C8H13N3O6. The Balaban J connectivity index is 4.66. The molecule has 17 heavy (non-hydrogen) atoms. The Morgan fingerprint density at radius 2 is 1.59 bits per heavy atom. The Morgan fingerprint density at radius 3 is 1.88 bits per heavy atom. The number of nitrogens with zero attached hydrogens (tertiary/aromatic N) is 1. The number of nitrogens with one attached hydrogen (secondary N) is 1. The number of rotatable bonds is 6. The molecule has 0 aromatic heterocycles. The predicted molar refractivity (Wildman–Crippen MR) is 54.0 cm³/mol. The van der Waals surface area contributed by atoms with Gasteiger partial charge in [0.25, 0.3) is 0 Å². The van der Waals surface area contributed by atoms with Crippen molar-refractivity contribution < 1.29 is 29.4 Å². The minimum absolute atomic E-state index is 0.589. The van der Waals surface area contributed by atoms with Crippen molar-refractivity contribution >= 4 is 23.9 Å². The van der Waals surface area contributed by atoms with E-state index >= 15 is 0 Å². The van der Waals surface area contributed by atoms with Crippen LogP contribution < -0.4 is 11.1 Å².